The van der Waals surface area contributed by atoms with E-state index in [1.54, 1.807) is 0 Å². The predicted octanol–water partition coefficient (Wildman–Crippen LogP) is 1.53. The van der Waals surface area contributed by atoms with Crippen molar-refractivity contribution in [3.63, 3.8) is 0 Å². The van der Waals surface area contributed by atoms with Gasteiger partial charge in [-0.25, -0.2) is 4.79 Å². The van der Waals surface area contributed by atoms with Crippen molar-refractivity contribution in [2.24, 2.45) is 0 Å². The number of carboxylic acids is 1. The Kier molecular flexibility index (Phi) is 4.33. The van der Waals surface area contributed by atoms with Gasteiger partial charge in [0.1, 0.15) is 12.0 Å². The van der Waals surface area contributed by atoms with Gasteiger partial charge < -0.3 is 14.9 Å². The van der Waals surface area contributed by atoms with Crippen LogP contribution in [0.1, 0.15) is 27.6 Å². The maximum absolute atomic E-state index is 12.2. The smallest absolute Gasteiger partial charge is 0.387 e. The van der Waals surface area contributed by atoms with E-state index in [2.05, 4.69) is 4.74 Å². The third-order valence-electron chi connectivity index (χ3n) is 2.23. The number of alkyl halides is 2. The minimum Gasteiger partial charge on any atom is -0.479 e. The fourth-order valence-electron chi connectivity index (χ4n) is 1.53. The number of rotatable bonds is 5. The van der Waals surface area contributed by atoms with E-state index in [0.717, 1.165) is 6.07 Å². The number of aldehydes is 1. The van der Waals surface area contributed by atoms with Gasteiger partial charge >= 0.3 is 12.6 Å². The molecule has 1 unspecified atom stereocenters. The average Bonchev–Trinajstić information content (AvgIpc) is 2.26. The van der Waals surface area contributed by atoms with Crippen LogP contribution in [0.25, 0.3) is 0 Å². The van der Waals surface area contributed by atoms with Crippen molar-refractivity contribution >= 4 is 12.3 Å². The van der Waals surface area contributed by atoms with Crippen LogP contribution in [0.2, 0.25) is 0 Å². The summed E-state index contributed by atoms with van der Waals surface area (Å²) in [5.74, 6) is -2.13. The molecule has 5 nitrogen and oxygen atoms in total. The maximum atomic E-state index is 12.2. The Morgan fingerprint density at radius 2 is 2.06 bits per heavy atom. The Morgan fingerprint density at radius 3 is 2.50 bits per heavy atom. The van der Waals surface area contributed by atoms with Crippen LogP contribution in [0, 0.1) is 6.92 Å². The fraction of sp³-hybridized carbons (Fsp3) is 0.273. The number of aliphatic hydroxyl groups excluding tert-OH is 1. The van der Waals surface area contributed by atoms with Gasteiger partial charge in [-0.15, -0.1) is 0 Å². The summed E-state index contributed by atoms with van der Waals surface area (Å²) in [7, 11) is 0. The summed E-state index contributed by atoms with van der Waals surface area (Å²) in [6.07, 6.45) is -1.60. The lowest BCUT2D eigenvalue weighted by Crippen LogP contribution is -2.15. The van der Waals surface area contributed by atoms with Gasteiger partial charge in [0.25, 0.3) is 0 Å². The molecule has 0 bridgehead atoms. The highest BCUT2D eigenvalue weighted by atomic mass is 19.3. The highest BCUT2D eigenvalue weighted by Crippen LogP contribution is 2.31. The Bertz CT molecular complexity index is 473. The van der Waals surface area contributed by atoms with Crippen molar-refractivity contribution < 1.29 is 33.3 Å². The van der Waals surface area contributed by atoms with Gasteiger partial charge in [0.05, 0.1) is 0 Å². The van der Waals surface area contributed by atoms with Crippen molar-refractivity contribution in [3.05, 3.63) is 28.8 Å². The number of ether oxygens (including phenoxy) is 1. The van der Waals surface area contributed by atoms with E-state index >= 15 is 0 Å². The molecule has 0 aromatic heterocycles. The molecule has 7 heteroatoms. The second kappa shape index (κ2) is 5.54. The number of carboxylic acid groups (broad SMARTS) is 1. The molecular formula is C11H10F2O5. The van der Waals surface area contributed by atoms with E-state index in [1.807, 2.05) is 0 Å². The van der Waals surface area contributed by atoms with Gasteiger partial charge in [0.15, 0.2) is 6.10 Å². The van der Waals surface area contributed by atoms with E-state index in [4.69, 9.17) is 5.11 Å². The van der Waals surface area contributed by atoms with Gasteiger partial charge in [0.2, 0.25) is 0 Å². The number of hydrogen-bond donors (Lipinski definition) is 2. The standard InChI is InChI=1S/C11H10F2O5/c1-5-2-6(4-14)3-7(18-11(12)13)8(5)9(15)10(16)17/h2-4,9,11,15H,1H3,(H,16,17). The molecular weight excluding hydrogens is 250 g/mol. The molecule has 18 heavy (non-hydrogen) atoms. The van der Waals surface area contributed by atoms with E-state index in [0.29, 0.717) is 6.29 Å². The zero-order valence-corrected chi connectivity index (χ0v) is 9.26. The molecule has 0 radical (unpaired) electrons. The highest BCUT2D eigenvalue weighted by molar-refractivity contribution is 5.80. The normalized spacial score (nSPS) is 12.3. The van der Waals surface area contributed by atoms with Gasteiger partial charge in [0, 0.05) is 11.1 Å². The molecule has 1 aromatic rings. The summed E-state index contributed by atoms with van der Waals surface area (Å²) >= 11 is 0. The third kappa shape index (κ3) is 3.01. The number of aryl methyl sites for hydroxylation is 1. The Labute approximate surface area is 101 Å². The van der Waals surface area contributed by atoms with Crippen LogP contribution in [-0.4, -0.2) is 29.1 Å². The van der Waals surface area contributed by atoms with Crippen LogP contribution in [0.5, 0.6) is 5.75 Å². The molecule has 0 fully saturated rings. The quantitative estimate of drug-likeness (QED) is 0.784. The van der Waals surface area contributed by atoms with Crippen molar-refractivity contribution in [3.8, 4) is 5.75 Å². The second-order valence-corrected chi connectivity index (χ2v) is 3.49. The SMILES string of the molecule is Cc1cc(C=O)cc(OC(F)F)c1C(O)C(=O)O. The number of halogens is 2. The van der Waals surface area contributed by atoms with Crippen LogP contribution >= 0.6 is 0 Å². The lowest BCUT2D eigenvalue weighted by Gasteiger charge is -2.16. The lowest BCUT2D eigenvalue weighted by atomic mass is 9.99. The maximum Gasteiger partial charge on any atom is 0.387 e. The monoisotopic (exact) mass is 260 g/mol. The molecule has 0 aliphatic heterocycles. The summed E-state index contributed by atoms with van der Waals surface area (Å²) in [5, 5.41) is 18.1. The zero-order valence-electron chi connectivity index (χ0n) is 9.26. The van der Waals surface area contributed by atoms with Crippen LogP contribution in [0.4, 0.5) is 8.78 Å². The van der Waals surface area contributed by atoms with Crippen molar-refractivity contribution in [2.45, 2.75) is 19.6 Å². The first-order valence-corrected chi connectivity index (χ1v) is 4.82. The number of aliphatic hydroxyl groups is 1. The Balaban J connectivity index is 3.36. The number of benzene rings is 1. The molecule has 1 atom stereocenters. The summed E-state index contributed by atoms with van der Waals surface area (Å²) in [5.41, 5.74) is -0.0805. The number of carbonyl (C=O) groups excluding carboxylic acids is 1. The Hall–Kier alpha value is -2.02. The third-order valence-corrected chi connectivity index (χ3v) is 2.23. The van der Waals surface area contributed by atoms with Crippen molar-refractivity contribution in [1.82, 2.24) is 0 Å². The number of aliphatic carboxylic acids is 1. The van der Waals surface area contributed by atoms with Gasteiger partial charge in [-0.3, -0.25) is 4.79 Å². The molecule has 0 amide bonds. The van der Waals surface area contributed by atoms with E-state index < -0.39 is 24.4 Å². The van der Waals surface area contributed by atoms with Crippen LogP contribution < -0.4 is 4.74 Å². The van der Waals surface area contributed by atoms with Gasteiger partial charge in [-0.2, -0.15) is 8.78 Å². The summed E-state index contributed by atoms with van der Waals surface area (Å²) < 4.78 is 28.5. The molecule has 0 saturated carbocycles. The Morgan fingerprint density at radius 1 is 1.44 bits per heavy atom. The molecule has 2 N–H and O–H groups in total. The summed E-state index contributed by atoms with van der Waals surface area (Å²) in [6.45, 7) is -1.81. The molecule has 1 aromatic carbocycles. The van der Waals surface area contributed by atoms with Crippen LogP contribution in [0.3, 0.4) is 0 Å². The fourth-order valence-corrected chi connectivity index (χ4v) is 1.53. The summed E-state index contributed by atoms with van der Waals surface area (Å²) in [4.78, 5) is 21.3. The average molecular weight is 260 g/mol. The molecule has 0 spiro atoms. The molecule has 1 rings (SSSR count). The predicted molar refractivity (Wildman–Crippen MR) is 55.8 cm³/mol. The number of hydrogen-bond acceptors (Lipinski definition) is 4. The largest absolute Gasteiger partial charge is 0.479 e. The lowest BCUT2D eigenvalue weighted by molar-refractivity contribution is -0.147. The first-order valence-electron chi connectivity index (χ1n) is 4.82. The molecule has 0 aliphatic rings. The van der Waals surface area contributed by atoms with Crippen molar-refractivity contribution in [2.75, 3.05) is 0 Å². The van der Waals surface area contributed by atoms with Gasteiger partial charge in [-0.1, -0.05) is 0 Å². The first-order chi connectivity index (χ1) is 8.36. The van der Waals surface area contributed by atoms with E-state index in [-0.39, 0.29) is 16.7 Å². The molecule has 98 valence electrons. The number of carbonyl (C=O) groups is 2. The first kappa shape index (κ1) is 14.0. The second-order valence-electron chi connectivity index (χ2n) is 3.49. The minimum absolute atomic E-state index is 0.0458. The van der Waals surface area contributed by atoms with Crippen LogP contribution in [0.15, 0.2) is 12.1 Å². The van der Waals surface area contributed by atoms with Crippen molar-refractivity contribution in [1.29, 1.82) is 0 Å². The van der Waals surface area contributed by atoms with Crippen LogP contribution in [-0.2, 0) is 4.79 Å². The zero-order chi connectivity index (χ0) is 13.9. The van der Waals surface area contributed by atoms with E-state index in [9.17, 15) is 23.5 Å². The molecule has 0 aliphatic carbocycles. The molecule has 0 heterocycles. The van der Waals surface area contributed by atoms with E-state index in [1.165, 1.54) is 13.0 Å². The molecule has 0 saturated heterocycles. The van der Waals surface area contributed by atoms with Gasteiger partial charge in [-0.05, 0) is 24.6 Å². The highest BCUT2D eigenvalue weighted by Gasteiger charge is 2.25. The summed E-state index contributed by atoms with van der Waals surface area (Å²) in [6, 6.07) is 2.22. The topological polar surface area (TPSA) is 83.8 Å². The minimum atomic E-state index is -3.19.